The number of piperazine rings is 1. The second-order valence-electron chi connectivity index (χ2n) is 7.79. The number of rotatable bonds is 7. The average molecular weight is 452 g/mol. The quantitative estimate of drug-likeness (QED) is 0.537. The lowest BCUT2D eigenvalue weighted by Gasteiger charge is -2.36. The molecule has 0 atom stereocenters. The summed E-state index contributed by atoms with van der Waals surface area (Å²) in [5, 5.41) is 0.724. The summed E-state index contributed by atoms with van der Waals surface area (Å²) in [5.74, 6) is -0.0826. The summed E-state index contributed by atoms with van der Waals surface area (Å²) in [6.45, 7) is 3.53. The Kier molecular flexibility index (Phi) is 7.12. The zero-order valence-corrected chi connectivity index (χ0v) is 18.6. The molecule has 1 aliphatic rings. The van der Waals surface area contributed by atoms with Crippen LogP contribution in [0.15, 0.2) is 77.6 Å². The van der Waals surface area contributed by atoms with Crippen LogP contribution in [0.3, 0.4) is 0 Å². The third-order valence-corrected chi connectivity index (χ3v) is 6.01. The molecule has 1 fully saturated rings. The third-order valence-electron chi connectivity index (χ3n) is 5.69. The molecule has 7 heteroatoms. The van der Waals surface area contributed by atoms with E-state index in [2.05, 4.69) is 4.90 Å². The van der Waals surface area contributed by atoms with E-state index in [-0.39, 0.29) is 18.2 Å². The number of amides is 2. The molecule has 2 aromatic carbocycles. The van der Waals surface area contributed by atoms with Gasteiger partial charge in [0.1, 0.15) is 6.26 Å². The van der Waals surface area contributed by atoms with Crippen LogP contribution in [0.1, 0.15) is 22.3 Å². The highest BCUT2D eigenvalue weighted by Gasteiger charge is 2.24. The summed E-state index contributed by atoms with van der Waals surface area (Å²) in [5.41, 5.74) is 2.51. The molecule has 0 unspecified atom stereocenters. The number of anilines is 1. The number of para-hydroxylation sites is 1. The molecule has 1 aliphatic heterocycles. The van der Waals surface area contributed by atoms with Crippen LogP contribution in [0.2, 0.25) is 5.02 Å². The van der Waals surface area contributed by atoms with Gasteiger partial charge in [-0.2, -0.15) is 0 Å². The molecule has 3 aromatic rings. The molecule has 0 spiro atoms. The van der Waals surface area contributed by atoms with Crippen molar-refractivity contribution in [2.45, 2.75) is 13.0 Å². The Morgan fingerprint density at radius 2 is 1.66 bits per heavy atom. The fourth-order valence-corrected chi connectivity index (χ4v) is 4.17. The second kappa shape index (κ2) is 10.4. The predicted molar refractivity (Wildman–Crippen MR) is 125 cm³/mol. The van der Waals surface area contributed by atoms with Crippen LogP contribution in [0.5, 0.6) is 0 Å². The van der Waals surface area contributed by atoms with E-state index in [0.717, 1.165) is 29.4 Å². The average Bonchev–Trinajstić information content (AvgIpc) is 3.37. The van der Waals surface area contributed by atoms with Gasteiger partial charge in [0.05, 0.1) is 22.5 Å². The molecule has 0 aliphatic carbocycles. The number of hydrogen-bond donors (Lipinski definition) is 0. The number of carbonyl (C=O) groups excluding carboxylic acids is 2. The molecule has 0 radical (unpaired) electrons. The van der Waals surface area contributed by atoms with Crippen LogP contribution in [0.25, 0.3) is 0 Å². The summed E-state index contributed by atoms with van der Waals surface area (Å²) in [7, 11) is 0. The van der Waals surface area contributed by atoms with Gasteiger partial charge in [-0.25, -0.2) is 0 Å². The maximum atomic E-state index is 13.0. The van der Waals surface area contributed by atoms with E-state index in [1.165, 1.54) is 12.5 Å². The van der Waals surface area contributed by atoms with E-state index in [0.29, 0.717) is 31.7 Å². The van der Waals surface area contributed by atoms with Gasteiger partial charge in [0.15, 0.2) is 0 Å². The van der Waals surface area contributed by atoms with Gasteiger partial charge in [-0.3, -0.25) is 9.59 Å². The van der Waals surface area contributed by atoms with Gasteiger partial charge in [-0.15, -0.1) is 0 Å². The molecule has 1 aromatic heterocycles. The molecular weight excluding hydrogens is 426 g/mol. The maximum Gasteiger partial charge on any atom is 0.257 e. The Hall–Kier alpha value is -3.25. The van der Waals surface area contributed by atoms with Crippen molar-refractivity contribution in [3.8, 4) is 0 Å². The van der Waals surface area contributed by atoms with Crippen LogP contribution >= 0.6 is 11.6 Å². The van der Waals surface area contributed by atoms with E-state index >= 15 is 0 Å². The largest absolute Gasteiger partial charge is 0.472 e. The summed E-state index contributed by atoms with van der Waals surface area (Å²) >= 11 is 6.31. The van der Waals surface area contributed by atoms with Crippen molar-refractivity contribution in [1.82, 2.24) is 9.80 Å². The van der Waals surface area contributed by atoms with Gasteiger partial charge in [-0.05, 0) is 23.8 Å². The lowest BCUT2D eigenvalue weighted by Crippen LogP contribution is -2.49. The van der Waals surface area contributed by atoms with E-state index in [4.69, 9.17) is 16.0 Å². The summed E-state index contributed by atoms with van der Waals surface area (Å²) in [4.78, 5) is 31.6. The number of halogens is 1. The standard InChI is InChI=1S/C25H26ClN3O3/c26-22-8-4-5-9-23(22)27-13-15-28(16-14-27)24(30)10-12-29(18-20-6-2-1-3-7-20)25(31)21-11-17-32-19-21/h1-9,11,17,19H,10,12-16,18H2. The molecule has 4 rings (SSSR count). The summed E-state index contributed by atoms with van der Waals surface area (Å²) in [6.07, 6.45) is 3.20. The predicted octanol–water partition coefficient (Wildman–Crippen LogP) is 4.31. The van der Waals surface area contributed by atoms with E-state index in [1.54, 1.807) is 11.0 Å². The first kappa shape index (κ1) is 22.0. The first-order chi connectivity index (χ1) is 15.6. The highest BCUT2D eigenvalue weighted by Crippen LogP contribution is 2.26. The van der Waals surface area contributed by atoms with Crippen molar-refractivity contribution in [2.24, 2.45) is 0 Å². The van der Waals surface area contributed by atoms with Crippen LogP contribution in [0, 0.1) is 0 Å². The number of hydrogen-bond acceptors (Lipinski definition) is 4. The zero-order chi connectivity index (χ0) is 22.3. The lowest BCUT2D eigenvalue weighted by molar-refractivity contribution is -0.131. The molecule has 2 heterocycles. The fourth-order valence-electron chi connectivity index (χ4n) is 3.92. The van der Waals surface area contributed by atoms with Crippen molar-refractivity contribution in [3.63, 3.8) is 0 Å². The molecular formula is C25H26ClN3O3. The Balaban J connectivity index is 1.35. The summed E-state index contributed by atoms with van der Waals surface area (Å²) < 4.78 is 5.07. The van der Waals surface area contributed by atoms with E-state index in [9.17, 15) is 9.59 Å². The minimum Gasteiger partial charge on any atom is -0.472 e. The first-order valence-corrected chi connectivity index (χ1v) is 11.1. The Morgan fingerprint density at radius 1 is 0.938 bits per heavy atom. The van der Waals surface area contributed by atoms with Gasteiger partial charge in [0.2, 0.25) is 5.91 Å². The first-order valence-electron chi connectivity index (χ1n) is 10.7. The van der Waals surface area contributed by atoms with Crippen LogP contribution in [0.4, 0.5) is 5.69 Å². The van der Waals surface area contributed by atoms with E-state index < -0.39 is 0 Å². The van der Waals surface area contributed by atoms with Crippen molar-refractivity contribution >= 4 is 29.1 Å². The SMILES string of the molecule is O=C(CCN(Cc1ccccc1)C(=O)c1ccoc1)N1CCN(c2ccccc2Cl)CC1. The molecule has 6 nitrogen and oxygen atoms in total. The third kappa shape index (κ3) is 5.32. The molecule has 0 saturated carbocycles. The normalized spacial score (nSPS) is 13.8. The minimum atomic E-state index is -0.140. The molecule has 1 saturated heterocycles. The number of carbonyl (C=O) groups is 2. The highest BCUT2D eigenvalue weighted by atomic mass is 35.5. The molecule has 0 N–H and O–H groups in total. The monoisotopic (exact) mass is 451 g/mol. The van der Waals surface area contributed by atoms with Crippen LogP contribution in [-0.4, -0.2) is 54.3 Å². The van der Waals surface area contributed by atoms with Crippen molar-refractivity contribution in [2.75, 3.05) is 37.6 Å². The van der Waals surface area contributed by atoms with Crippen molar-refractivity contribution < 1.29 is 14.0 Å². The molecule has 0 bridgehead atoms. The van der Waals surface area contributed by atoms with Crippen molar-refractivity contribution in [3.05, 3.63) is 89.3 Å². The van der Waals surface area contributed by atoms with E-state index in [1.807, 2.05) is 59.5 Å². The molecule has 2 amide bonds. The second-order valence-corrected chi connectivity index (χ2v) is 8.20. The molecule has 32 heavy (non-hydrogen) atoms. The van der Waals surface area contributed by atoms with Gasteiger partial charge < -0.3 is 19.1 Å². The van der Waals surface area contributed by atoms with Gasteiger partial charge in [0, 0.05) is 45.7 Å². The Morgan fingerprint density at radius 3 is 2.34 bits per heavy atom. The lowest BCUT2D eigenvalue weighted by atomic mass is 10.1. The summed E-state index contributed by atoms with van der Waals surface area (Å²) in [6, 6.07) is 19.2. The van der Waals surface area contributed by atoms with Gasteiger partial charge in [-0.1, -0.05) is 54.1 Å². The Bertz CT molecular complexity index is 1030. The fraction of sp³-hybridized carbons (Fsp3) is 0.280. The van der Waals surface area contributed by atoms with Crippen molar-refractivity contribution in [1.29, 1.82) is 0 Å². The van der Waals surface area contributed by atoms with Gasteiger partial charge >= 0.3 is 0 Å². The van der Waals surface area contributed by atoms with Crippen LogP contribution < -0.4 is 4.90 Å². The van der Waals surface area contributed by atoms with Gasteiger partial charge in [0.25, 0.3) is 5.91 Å². The smallest absolute Gasteiger partial charge is 0.257 e. The highest BCUT2D eigenvalue weighted by molar-refractivity contribution is 6.33. The number of furan rings is 1. The number of nitrogens with zero attached hydrogens (tertiary/aromatic N) is 3. The molecule has 166 valence electrons. The maximum absolute atomic E-state index is 13.0. The Labute approximate surface area is 193 Å². The minimum absolute atomic E-state index is 0.0573. The van der Waals surface area contributed by atoms with Crippen LogP contribution in [-0.2, 0) is 11.3 Å². The zero-order valence-electron chi connectivity index (χ0n) is 17.8. The number of benzene rings is 2. The topological polar surface area (TPSA) is 57.0 Å².